The monoisotopic (exact) mass is 566 g/mol. The summed E-state index contributed by atoms with van der Waals surface area (Å²) in [6.07, 6.45) is 8.66. The van der Waals surface area contributed by atoms with Crippen molar-refractivity contribution in [2.45, 2.75) is 100 Å². The number of nitrogens with zero attached hydrogens (tertiary/aromatic N) is 2. The number of phenolic OH excluding ortho intramolecular Hbond substituents is 1. The van der Waals surface area contributed by atoms with Crippen LogP contribution in [0.4, 0.5) is 4.39 Å². The van der Waals surface area contributed by atoms with Gasteiger partial charge in [0, 0.05) is 37.8 Å². The van der Waals surface area contributed by atoms with Gasteiger partial charge in [0.1, 0.15) is 11.9 Å². The first-order chi connectivity index (χ1) is 19.9. The van der Waals surface area contributed by atoms with E-state index in [1.54, 1.807) is 12.1 Å². The van der Waals surface area contributed by atoms with Crippen LogP contribution in [0.3, 0.4) is 0 Å². The van der Waals surface area contributed by atoms with E-state index in [4.69, 9.17) is 10.5 Å². The molecule has 0 aromatic heterocycles. The van der Waals surface area contributed by atoms with Crippen molar-refractivity contribution in [1.82, 2.24) is 15.1 Å². The van der Waals surface area contributed by atoms with Gasteiger partial charge in [0.25, 0.3) is 5.91 Å². The van der Waals surface area contributed by atoms with Crippen molar-refractivity contribution >= 4 is 11.7 Å². The summed E-state index contributed by atoms with van der Waals surface area (Å²) >= 11 is 0. The number of nitrogens with two attached hydrogens (primary N) is 1. The number of Topliss-reactive ketones (excluding diaryl/α,β-unsaturated/α-hetero) is 1. The number of aromatic hydroxyl groups is 1. The largest absolute Gasteiger partial charge is 0.508 e. The van der Waals surface area contributed by atoms with Crippen molar-refractivity contribution < 1.29 is 23.8 Å². The average Bonchev–Trinajstić information content (AvgIpc) is 3.39. The summed E-state index contributed by atoms with van der Waals surface area (Å²) in [6, 6.07) is 6.34. The van der Waals surface area contributed by atoms with Crippen molar-refractivity contribution in [3.8, 4) is 5.75 Å². The lowest BCUT2D eigenvalue weighted by Gasteiger charge is -2.61. The molecule has 9 heteroatoms. The molecular formula is C32H43FN4O4. The van der Waals surface area contributed by atoms with E-state index in [1.165, 1.54) is 25.7 Å². The minimum absolute atomic E-state index is 0.0245. The van der Waals surface area contributed by atoms with Crippen LogP contribution in [0, 0.1) is 17.8 Å². The van der Waals surface area contributed by atoms with Gasteiger partial charge in [-0.25, -0.2) is 4.39 Å². The van der Waals surface area contributed by atoms with Gasteiger partial charge in [-0.1, -0.05) is 37.8 Å². The number of ether oxygens (including phenoxy) is 1. The molecule has 222 valence electrons. The minimum atomic E-state index is -1.21. The quantitative estimate of drug-likeness (QED) is 0.471. The second-order valence-corrected chi connectivity index (χ2v) is 13.4. The van der Waals surface area contributed by atoms with Crippen LogP contribution in [0.2, 0.25) is 0 Å². The van der Waals surface area contributed by atoms with Crippen LogP contribution >= 0.6 is 0 Å². The van der Waals surface area contributed by atoms with Gasteiger partial charge in [-0.3, -0.25) is 14.5 Å². The van der Waals surface area contributed by atoms with Crippen LogP contribution in [0.5, 0.6) is 5.75 Å². The summed E-state index contributed by atoms with van der Waals surface area (Å²) in [6.45, 7) is 1.77. The van der Waals surface area contributed by atoms with E-state index in [0.717, 1.165) is 31.4 Å². The molecule has 3 saturated carbocycles. The van der Waals surface area contributed by atoms with Crippen LogP contribution < -0.4 is 11.1 Å². The Hall–Kier alpha value is -2.49. The highest BCUT2D eigenvalue weighted by molar-refractivity contribution is 6.20. The number of carbonyl (C=O) groups is 2. The molecule has 6 aliphatic rings. The number of rotatable bonds is 5. The standard InChI is InChI=1S/C32H43FN4O4/c33-25-15-23-28-31(29(25)36-12-10-21(34)16-36)41-27-14-20-4-2-1-3-19(20)13-26(27)37(28)17-24(30(23)39)32(40)35-11-9-18-5-7-22(38)8-6-18/h5-8,17,19-21,23,25-29,31,38H,1-4,9-16,34H2,(H,35,40). The van der Waals surface area contributed by atoms with E-state index in [9.17, 15) is 14.7 Å². The van der Waals surface area contributed by atoms with Gasteiger partial charge in [-0.15, -0.1) is 0 Å². The zero-order valence-electron chi connectivity index (χ0n) is 23.7. The number of fused-ring (bicyclic) bond motifs is 3. The number of likely N-dealkylation sites (tertiary alicyclic amines) is 1. The molecule has 0 spiro atoms. The predicted molar refractivity (Wildman–Crippen MR) is 152 cm³/mol. The van der Waals surface area contributed by atoms with Crippen molar-refractivity contribution in [2.75, 3.05) is 19.6 Å². The van der Waals surface area contributed by atoms with E-state index in [0.29, 0.717) is 31.3 Å². The van der Waals surface area contributed by atoms with Crippen LogP contribution in [0.15, 0.2) is 36.0 Å². The molecule has 5 fully saturated rings. The van der Waals surface area contributed by atoms with Crippen LogP contribution in [-0.4, -0.2) is 88.8 Å². The average molecular weight is 567 g/mol. The van der Waals surface area contributed by atoms with Crippen LogP contribution in [0.25, 0.3) is 0 Å². The molecule has 10 atom stereocenters. The van der Waals surface area contributed by atoms with Gasteiger partial charge >= 0.3 is 0 Å². The topological polar surface area (TPSA) is 108 Å². The zero-order chi connectivity index (χ0) is 28.2. The van der Waals surface area contributed by atoms with E-state index in [2.05, 4.69) is 15.1 Å². The summed E-state index contributed by atoms with van der Waals surface area (Å²) in [7, 11) is 0. The number of phenols is 1. The number of alkyl halides is 1. The molecule has 4 N–H and O–H groups in total. The van der Waals surface area contributed by atoms with Crippen LogP contribution in [0.1, 0.15) is 56.9 Å². The van der Waals surface area contributed by atoms with Gasteiger partial charge in [0.2, 0.25) is 0 Å². The number of carbonyl (C=O) groups excluding carboxylic acids is 2. The molecule has 0 bridgehead atoms. The van der Waals surface area contributed by atoms with Crippen molar-refractivity contribution in [2.24, 2.45) is 23.5 Å². The van der Waals surface area contributed by atoms with Crippen molar-refractivity contribution in [1.29, 1.82) is 0 Å². The first kappa shape index (κ1) is 27.3. The Morgan fingerprint density at radius 2 is 1.83 bits per heavy atom. The predicted octanol–water partition coefficient (Wildman–Crippen LogP) is 2.68. The third kappa shape index (κ3) is 4.97. The Morgan fingerprint density at radius 1 is 1.07 bits per heavy atom. The fraction of sp³-hybridized carbons (Fsp3) is 0.688. The van der Waals surface area contributed by atoms with Crippen molar-refractivity contribution in [3.63, 3.8) is 0 Å². The first-order valence-electron chi connectivity index (χ1n) is 15.8. The highest BCUT2D eigenvalue weighted by atomic mass is 19.1. The first-order valence-corrected chi connectivity index (χ1v) is 15.8. The SMILES string of the molecule is NC1CCN(C2C(F)CC3C(=O)C(C(=O)NCCc4ccc(O)cc4)=CN4C5CC6CCCCC6CC5OC2C34)C1. The van der Waals surface area contributed by atoms with Gasteiger partial charge in [-0.05, 0) is 61.6 Å². The van der Waals surface area contributed by atoms with Gasteiger partial charge in [-0.2, -0.15) is 0 Å². The van der Waals surface area contributed by atoms with Gasteiger partial charge in [0.05, 0.1) is 35.9 Å². The summed E-state index contributed by atoms with van der Waals surface area (Å²) in [5, 5.41) is 12.5. The fourth-order valence-corrected chi connectivity index (χ4v) is 9.03. The number of ketones is 1. The summed E-state index contributed by atoms with van der Waals surface area (Å²) < 4.78 is 23.0. The van der Waals surface area contributed by atoms with Gasteiger partial charge < -0.3 is 25.8 Å². The maximum absolute atomic E-state index is 16.1. The number of nitrogens with one attached hydrogen (secondary N) is 1. The Labute approximate surface area is 241 Å². The third-order valence-corrected chi connectivity index (χ3v) is 11.0. The molecule has 1 aromatic carbocycles. The molecule has 3 aliphatic carbocycles. The summed E-state index contributed by atoms with van der Waals surface area (Å²) in [5.74, 6) is 0.228. The van der Waals surface area contributed by atoms with Crippen LogP contribution in [-0.2, 0) is 20.7 Å². The maximum Gasteiger partial charge on any atom is 0.256 e. The molecular weight excluding hydrogens is 523 g/mol. The lowest BCUT2D eigenvalue weighted by Crippen LogP contribution is -2.73. The third-order valence-electron chi connectivity index (χ3n) is 11.0. The highest BCUT2D eigenvalue weighted by Crippen LogP contribution is 2.50. The van der Waals surface area contributed by atoms with Gasteiger partial charge in [0.15, 0.2) is 5.78 Å². The normalized spacial score (nSPS) is 40.3. The maximum atomic E-state index is 16.1. The summed E-state index contributed by atoms with van der Waals surface area (Å²) in [5.41, 5.74) is 7.37. The Bertz CT molecular complexity index is 1190. The molecule has 41 heavy (non-hydrogen) atoms. The minimum Gasteiger partial charge on any atom is -0.508 e. The molecule has 2 saturated heterocycles. The molecule has 7 rings (SSSR count). The number of morpholine rings is 1. The van der Waals surface area contributed by atoms with E-state index in [1.807, 2.05) is 18.3 Å². The number of hydrogen-bond donors (Lipinski definition) is 3. The number of amides is 1. The lowest BCUT2D eigenvalue weighted by atomic mass is 9.64. The molecule has 10 unspecified atom stereocenters. The van der Waals surface area contributed by atoms with E-state index in [-0.39, 0.29) is 53.7 Å². The molecule has 3 aliphatic heterocycles. The Balaban J connectivity index is 1.17. The number of halogens is 1. The Morgan fingerprint density at radius 3 is 2.56 bits per heavy atom. The second-order valence-electron chi connectivity index (χ2n) is 13.4. The highest BCUT2D eigenvalue weighted by Gasteiger charge is 2.60. The zero-order valence-corrected chi connectivity index (χ0v) is 23.7. The molecule has 8 nitrogen and oxygen atoms in total. The van der Waals surface area contributed by atoms with Crippen molar-refractivity contribution in [3.05, 3.63) is 41.6 Å². The van der Waals surface area contributed by atoms with E-state index < -0.39 is 24.2 Å². The molecule has 1 amide bonds. The second kappa shape index (κ2) is 11.0. The smallest absolute Gasteiger partial charge is 0.256 e. The molecule has 3 heterocycles. The molecule has 1 aromatic rings. The van der Waals surface area contributed by atoms with E-state index >= 15 is 4.39 Å². The number of benzene rings is 1. The summed E-state index contributed by atoms with van der Waals surface area (Å²) in [4.78, 5) is 31.8. The molecule has 0 radical (unpaired) electrons. The number of hydrogen-bond acceptors (Lipinski definition) is 7. The Kier molecular flexibility index (Phi) is 7.32. The fourth-order valence-electron chi connectivity index (χ4n) is 9.03. The lowest BCUT2D eigenvalue weighted by molar-refractivity contribution is -0.219.